The fourth-order valence-electron chi connectivity index (χ4n) is 1.87. The first-order valence-corrected chi connectivity index (χ1v) is 8.19. The molecular formula is C14H25N3O3S. The van der Waals surface area contributed by atoms with Crippen molar-refractivity contribution in [2.75, 3.05) is 48.4 Å². The van der Waals surface area contributed by atoms with Gasteiger partial charge < -0.3 is 15.0 Å². The van der Waals surface area contributed by atoms with E-state index in [9.17, 15) is 8.42 Å². The van der Waals surface area contributed by atoms with Gasteiger partial charge in [0, 0.05) is 26.7 Å². The van der Waals surface area contributed by atoms with E-state index < -0.39 is 10.0 Å². The highest BCUT2D eigenvalue weighted by Crippen LogP contribution is 2.27. The first-order chi connectivity index (χ1) is 9.82. The topological polar surface area (TPSA) is 61.9 Å². The first kappa shape index (κ1) is 17.9. The maximum absolute atomic E-state index is 12.6. The summed E-state index contributed by atoms with van der Waals surface area (Å²) in [7, 11) is 5.18. The predicted molar refractivity (Wildman–Crippen MR) is 84.1 cm³/mol. The van der Waals surface area contributed by atoms with Crippen LogP contribution in [-0.4, -0.2) is 66.0 Å². The lowest BCUT2D eigenvalue weighted by molar-refractivity contribution is 0.356. The quantitative estimate of drug-likeness (QED) is 0.761. The van der Waals surface area contributed by atoms with Gasteiger partial charge in [-0.2, -0.15) is 4.31 Å². The van der Waals surface area contributed by atoms with E-state index in [1.807, 2.05) is 26.0 Å². The zero-order valence-electron chi connectivity index (χ0n) is 13.4. The van der Waals surface area contributed by atoms with Gasteiger partial charge in [-0.25, -0.2) is 8.42 Å². The summed E-state index contributed by atoms with van der Waals surface area (Å²) >= 11 is 0. The van der Waals surface area contributed by atoms with Crippen LogP contribution in [0.1, 0.15) is 5.56 Å². The molecule has 0 saturated carbocycles. The lowest BCUT2D eigenvalue weighted by Crippen LogP contribution is -2.33. The summed E-state index contributed by atoms with van der Waals surface area (Å²) in [5, 5.41) is 3.03. The fourth-order valence-corrected chi connectivity index (χ4v) is 3.16. The van der Waals surface area contributed by atoms with Crippen molar-refractivity contribution in [3.05, 3.63) is 23.8 Å². The molecular weight excluding hydrogens is 290 g/mol. The number of ether oxygens (including phenoxy) is 1. The molecule has 0 unspecified atom stereocenters. The molecule has 0 heterocycles. The highest BCUT2D eigenvalue weighted by molar-refractivity contribution is 7.89. The van der Waals surface area contributed by atoms with Gasteiger partial charge >= 0.3 is 0 Å². The second kappa shape index (κ2) is 7.74. The van der Waals surface area contributed by atoms with Crippen LogP contribution in [0.5, 0.6) is 5.75 Å². The molecule has 1 rings (SSSR count). The minimum Gasteiger partial charge on any atom is -0.495 e. The molecule has 7 heteroatoms. The van der Waals surface area contributed by atoms with Crippen molar-refractivity contribution < 1.29 is 13.2 Å². The van der Waals surface area contributed by atoms with E-state index in [0.717, 1.165) is 5.56 Å². The zero-order valence-corrected chi connectivity index (χ0v) is 14.2. The highest BCUT2D eigenvalue weighted by atomic mass is 32.2. The normalized spacial score (nSPS) is 12.1. The lowest BCUT2D eigenvalue weighted by atomic mass is 10.2. The number of likely N-dealkylation sites (N-methyl/N-ethyl adjacent to an activating group) is 2. The van der Waals surface area contributed by atoms with Gasteiger partial charge in [-0.05, 0) is 38.8 Å². The minimum atomic E-state index is -3.55. The van der Waals surface area contributed by atoms with E-state index >= 15 is 0 Å². The average molecular weight is 315 g/mol. The molecule has 0 aromatic heterocycles. The standard InChI is InChI=1S/C14H25N3O3S/c1-15-11-12-6-7-14(13(10-12)20-5)21(18,19)17(4)9-8-16(2)3/h6-7,10,15H,8-9,11H2,1-5H3. The number of methoxy groups -OCH3 is 1. The van der Waals surface area contributed by atoms with Gasteiger partial charge in [0.05, 0.1) is 7.11 Å². The average Bonchev–Trinajstić information content (AvgIpc) is 2.44. The lowest BCUT2D eigenvalue weighted by Gasteiger charge is -2.21. The summed E-state index contributed by atoms with van der Waals surface area (Å²) in [4.78, 5) is 2.14. The third-order valence-electron chi connectivity index (χ3n) is 3.16. The Balaban J connectivity index is 3.07. The molecule has 0 bridgehead atoms. The third kappa shape index (κ3) is 4.67. The number of rotatable bonds is 8. The Morgan fingerprint density at radius 3 is 2.38 bits per heavy atom. The first-order valence-electron chi connectivity index (χ1n) is 6.75. The van der Waals surface area contributed by atoms with E-state index in [1.54, 1.807) is 25.2 Å². The maximum Gasteiger partial charge on any atom is 0.246 e. The molecule has 0 amide bonds. The van der Waals surface area contributed by atoms with Crippen LogP contribution in [0.4, 0.5) is 0 Å². The molecule has 1 aromatic rings. The van der Waals surface area contributed by atoms with Gasteiger partial charge in [0.1, 0.15) is 10.6 Å². The van der Waals surface area contributed by atoms with E-state index in [4.69, 9.17) is 4.74 Å². The van der Waals surface area contributed by atoms with Crippen molar-refractivity contribution in [1.29, 1.82) is 0 Å². The van der Waals surface area contributed by atoms with Gasteiger partial charge in [0.2, 0.25) is 10.0 Å². The molecule has 0 spiro atoms. The van der Waals surface area contributed by atoms with Crippen molar-refractivity contribution in [1.82, 2.24) is 14.5 Å². The van der Waals surface area contributed by atoms with E-state index in [2.05, 4.69) is 5.32 Å². The monoisotopic (exact) mass is 315 g/mol. The Morgan fingerprint density at radius 1 is 1.19 bits per heavy atom. The smallest absolute Gasteiger partial charge is 0.246 e. The van der Waals surface area contributed by atoms with Gasteiger partial charge in [0.25, 0.3) is 0 Å². The van der Waals surface area contributed by atoms with Crippen LogP contribution < -0.4 is 10.1 Å². The SMILES string of the molecule is CNCc1ccc(S(=O)(=O)N(C)CCN(C)C)c(OC)c1. The summed E-state index contributed by atoms with van der Waals surface area (Å²) < 4.78 is 31.8. The largest absolute Gasteiger partial charge is 0.495 e. The summed E-state index contributed by atoms with van der Waals surface area (Å²) in [6.45, 7) is 1.75. The van der Waals surface area contributed by atoms with Crippen LogP contribution in [0, 0.1) is 0 Å². The van der Waals surface area contributed by atoms with Gasteiger partial charge in [0.15, 0.2) is 0 Å². The molecule has 21 heavy (non-hydrogen) atoms. The second-order valence-electron chi connectivity index (χ2n) is 5.15. The molecule has 0 aliphatic heterocycles. The van der Waals surface area contributed by atoms with E-state index in [1.165, 1.54) is 11.4 Å². The highest BCUT2D eigenvalue weighted by Gasteiger charge is 2.24. The van der Waals surface area contributed by atoms with Crippen LogP contribution >= 0.6 is 0 Å². The van der Waals surface area contributed by atoms with Crippen molar-refractivity contribution in [2.45, 2.75) is 11.4 Å². The third-order valence-corrected chi connectivity index (χ3v) is 5.06. The number of hydrogen-bond donors (Lipinski definition) is 1. The van der Waals surface area contributed by atoms with Gasteiger partial charge in [-0.3, -0.25) is 0 Å². The van der Waals surface area contributed by atoms with Crippen molar-refractivity contribution in [2.24, 2.45) is 0 Å². The zero-order chi connectivity index (χ0) is 16.0. The molecule has 120 valence electrons. The van der Waals surface area contributed by atoms with Crippen LogP contribution in [0.3, 0.4) is 0 Å². The summed E-state index contributed by atoms with van der Waals surface area (Å²) in [5.74, 6) is 0.374. The molecule has 0 atom stereocenters. The number of nitrogens with one attached hydrogen (secondary N) is 1. The van der Waals surface area contributed by atoms with Crippen molar-refractivity contribution >= 4 is 10.0 Å². The molecule has 6 nitrogen and oxygen atoms in total. The van der Waals surface area contributed by atoms with E-state index in [0.29, 0.717) is 25.4 Å². The number of hydrogen-bond acceptors (Lipinski definition) is 5. The summed E-state index contributed by atoms with van der Waals surface area (Å²) in [6, 6.07) is 5.15. The van der Waals surface area contributed by atoms with Crippen LogP contribution in [0.15, 0.2) is 23.1 Å². The van der Waals surface area contributed by atoms with Crippen LogP contribution in [0.25, 0.3) is 0 Å². The Bertz CT molecular complexity index is 559. The molecule has 0 saturated heterocycles. The van der Waals surface area contributed by atoms with Crippen LogP contribution in [0.2, 0.25) is 0 Å². The number of sulfonamides is 1. The molecule has 0 fully saturated rings. The maximum atomic E-state index is 12.6. The van der Waals surface area contributed by atoms with Crippen LogP contribution in [-0.2, 0) is 16.6 Å². The van der Waals surface area contributed by atoms with E-state index in [-0.39, 0.29) is 4.90 Å². The molecule has 0 radical (unpaired) electrons. The number of benzene rings is 1. The molecule has 1 aromatic carbocycles. The van der Waals surface area contributed by atoms with Gasteiger partial charge in [-0.15, -0.1) is 0 Å². The van der Waals surface area contributed by atoms with Crippen molar-refractivity contribution in [3.8, 4) is 5.75 Å². The second-order valence-corrected chi connectivity index (χ2v) is 7.16. The molecule has 0 aliphatic carbocycles. The Hall–Kier alpha value is -1.15. The summed E-state index contributed by atoms with van der Waals surface area (Å²) in [5.41, 5.74) is 0.976. The molecule has 1 N–H and O–H groups in total. The van der Waals surface area contributed by atoms with Gasteiger partial charge in [-0.1, -0.05) is 6.07 Å². The summed E-state index contributed by atoms with van der Waals surface area (Å²) in [6.07, 6.45) is 0. The van der Waals surface area contributed by atoms with Crippen molar-refractivity contribution in [3.63, 3.8) is 0 Å². The minimum absolute atomic E-state index is 0.200. The fraction of sp³-hybridized carbons (Fsp3) is 0.571. The Labute approximate surface area is 127 Å². The Kier molecular flexibility index (Phi) is 6.60. The number of nitrogens with zero attached hydrogens (tertiary/aromatic N) is 2. The molecule has 0 aliphatic rings. The predicted octanol–water partition coefficient (Wildman–Crippen LogP) is 0.597. The Morgan fingerprint density at radius 2 is 1.86 bits per heavy atom.